The lowest BCUT2D eigenvalue weighted by Crippen LogP contribution is -2.20. The first-order valence-electron chi connectivity index (χ1n) is 12.4. The highest BCUT2D eigenvalue weighted by atomic mass is 35.5. The number of amides is 2. The van der Waals surface area contributed by atoms with Crippen LogP contribution < -0.4 is 15.8 Å². The van der Waals surface area contributed by atoms with E-state index in [4.69, 9.17) is 22.1 Å². The van der Waals surface area contributed by atoms with Gasteiger partial charge in [-0.25, -0.2) is 0 Å². The summed E-state index contributed by atoms with van der Waals surface area (Å²) in [6, 6.07) is 5.58. The minimum Gasteiger partial charge on any atom is -0.493 e. The third-order valence-electron chi connectivity index (χ3n) is 6.39. The Morgan fingerprint density at radius 1 is 1.35 bits per heavy atom. The zero-order valence-electron chi connectivity index (χ0n) is 21.3. The van der Waals surface area contributed by atoms with Crippen LogP contribution in [0.25, 0.3) is 0 Å². The van der Waals surface area contributed by atoms with Gasteiger partial charge < -0.3 is 20.4 Å². The monoisotopic (exact) mass is 561 g/mol. The molecule has 1 atom stereocenters. The average molecular weight is 562 g/mol. The standard InChI is InChI=1S/C26H32ClN5O3S2/c1-4-32-21(6-5-11-35-19-10-8-17(27)13-16(19)3)30-31-26(32)36-14-22(33)29-25-23(24(28)34)18-9-7-15(2)12-20(18)37-25/h8,10,13,15H,4-7,9,11-12,14H2,1-3H3,(H2,28,34)(H,29,33). The van der Waals surface area contributed by atoms with E-state index in [0.29, 0.717) is 46.2 Å². The van der Waals surface area contributed by atoms with E-state index < -0.39 is 5.91 Å². The van der Waals surface area contributed by atoms with Gasteiger partial charge in [0.25, 0.3) is 5.91 Å². The van der Waals surface area contributed by atoms with E-state index in [1.165, 1.54) is 23.1 Å². The minimum absolute atomic E-state index is 0.161. The number of nitrogens with one attached hydrogen (secondary N) is 1. The van der Waals surface area contributed by atoms with Gasteiger partial charge in [0.1, 0.15) is 16.6 Å². The van der Waals surface area contributed by atoms with Crippen molar-refractivity contribution in [3.05, 3.63) is 50.6 Å². The number of carbonyl (C=O) groups is 2. The lowest BCUT2D eigenvalue weighted by Gasteiger charge is -2.18. The molecule has 1 aliphatic carbocycles. The van der Waals surface area contributed by atoms with Crippen LogP contribution in [0.4, 0.5) is 5.00 Å². The second-order valence-electron chi connectivity index (χ2n) is 9.26. The first kappa shape index (κ1) is 27.5. The Hall–Kier alpha value is -2.56. The van der Waals surface area contributed by atoms with Gasteiger partial charge in [-0.1, -0.05) is 30.3 Å². The molecule has 1 aromatic carbocycles. The van der Waals surface area contributed by atoms with Gasteiger partial charge in [-0.15, -0.1) is 21.5 Å². The quantitative estimate of drug-likeness (QED) is 0.243. The molecule has 11 heteroatoms. The third kappa shape index (κ3) is 6.66. The van der Waals surface area contributed by atoms with Crippen LogP contribution in [0.3, 0.4) is 0 Å². The van der Waals surface area contributed by atoms with Crippen LogP contribution in [-0.4, -0.2) is 38.9 Å². The number of hydrogen-bond acceptors (Lipinski definition) is 7. The molecule has 198 valence electrons. The highest BCUT2D eigenvalue weighted by molar-refractivity contribution is 7.99. The summed E-state index contributed by atoms with van der Waals surface area (Å²) < 4.78 is 7.91. The van der Waals surface area contributed by atoms with Crippen LogP contribution in [0.1, 0.15) is 58.9 Å². The van der Waals surface area contributed by atoms with Crippen LogP contribution in [0.2, 0.25) is 5.02 Å². The van der Waals surface area contributed by atoms with Gasteiger partial charge in [0.2, 0.25) is 5.91 Å². The Morgan fingerprint density at radius 3 is 2.89 bits per heavy atom. The van der Waals surface area contributed by atoms with Gasteiger partial charge in [-0.05, 0) is 74.8 Å². The van der Waals surface area contributed by atoms with Crippen molar-refractivity contribution < 1.29 is 14.3 Å². The maximum absolute atomic E-state index is 12.8. The average Bonchev–Trinajstić information content (AvgIpc) is 3.41. The lowest BCUT2D eigenvalue weighted by atomic mass is 9.88. The fourth-order valence-electron chi connectivity index (χ4n) is 4.51. The molecule has 8 nitrogen and oxygen atoms in total. The Morgan fingerprint density at radius 2 is 2.16 bits per heavy atom. The van der Waals surface area contributed by atoms with Gasteiger partial charge in [-0.3, -0.25) is 9.59 Å². The van der Waals surface area contributed by atoms with Crippen molar-refractivity contribution in [2.75, 3.05) is 17.7 Å². The van der Waals surface area contributed by atoms with Gasteiger partial charge in [0, 0.05) is 22.9 Å². The van der Waals surface area contributed by atoms with E-state index in [-0.39, 0.29) is 11.7 Å². The van der Waals surface area contributed by atoms with Gasteiger partial charge >= 0.3 is 0 Å². The first-order valence-corrected chi connectivity index (χ1v) is 14.6. The van der Waals surface area contributed by atoms with Crippen molar-refractivity contribution in [3.63, 3.8) is 0 Å². The second kappa shape index (κ2) is 12.3. The number of thioether (sulfide) groups is 1. The summed E-state index contributed by atoms with van der Waals surface area (Å²) in [4.78, 5) is 26.1. The molecule has 0 bridgehead atoms. The fraction of sp³-hybridized carbons (Fsp3) is 0.462. The van der Waals surface area contributed by atoms with Crippen LogP contribution in [0.15, 0.2) is 23.4 Å². The van der Waals surface area contributed by atoms with Crippen LogP contribution in [0.5, 0.6) is 5.75 Å². The van der Waals surface area contributed by atoms with Gasteiger partial charge in [-0.2, -0.15) is 0 Å². The van der Waals surface area contributed by atoms with Crippen molar-refractivity contribution in [1.29, 1.82) is 0 Å². The maximum atomic E-state index is 12.8. The molecule has 37 heavy (non-hydrogen) atoms. The number of nitrogens with two attached hydrogens (primary N) is 1. The predicted octanol–water partition coefficient (Wildman–Crippen LogP) is 5.29. The van der Waals surface area contributed by atoms with Crippen molar-refractivity contribution in [1.82, 2.24) is 14.8 Å². The van der Waals surface area contributed by atoms with E-state index in [1.54, 1.807) is 0 Å². The number of aryl methyl sites for hydroxylation is 2. The Labute approximate surface area is 230 Å². The van der Waals surface area contributed by atoms with E-state index in [0.717, 1.165) is 53.3 Å². The molecular formula is C26H32ClN5O3S2. The normalized spacial score (nSPS) is 14.9. The van der Waals surface area contributed by atoms with E-state index in [9.17, 15) is 9.59 Å². The van der Waals surface area contributed by atoms with E-state index >= 15 is 0 Å². The van der Waals surface area contributed by atoms with Gasteiger partial charge in [0.05, 0.1) is 17.9 Å². The van der Waals surface area contributed by atoms with Crippen molar-refractivity contribution in [2.45, 2.75) is 64.6 Å². The molecule has 3 aromatic rings. The number of ether oxygens (including phenoxy) is 1. The highest BCUT2D eigenvalue weighted by Gasteiger charge is 2.27. The topological polar surface area (TPSA) is 112 Å². The summed E-state index contributed by atoms with van der Waals surface area (Å²) >= 11 is 8.81. The Bertz CT molecular complexity index is 1290. The zero-order valence-corrected chi connectivity index (χ0v) is 23.7. The number of carbonyl (C=O) groups excluding carboxylic acids is 2. The van der Waals surface area contributed by atoms with Gasteiger partial charge in [0.15, 0.2) is 5.16 Å². The van der Waals surface area contributed by atoms with E-state index in [1.807, 2.05) is 36.6 Å². The Balaban J connectivity index is 1.32. The summed E-state index contributed by atoms with van der Waals surface area (Å²) in [5, 5.41) is 13.5. The number of aromatic nitrogens is 3. The molecule has 1 aliphatic rings. The molecule has 4 rings (SSSR count). The number of primary amides is 1. The fourth-order valence-corrected chi connectivity index (χ4v) is 6.99. The number of fused-ring (bicyclic) bond motifs is 1. The lowest BCUT2D eigenvalue weighted by molar-refractivity contribution is -0.113. The zero-order chi connectivity index (χ0) is 26.5. The number of thiophene rings is 1. The van der Waals surface area contributed by atoms with Crippen molar-refractivity contribution in [2.24, 2.45) is 11.7 Å². The molecule has 3 N–H and O–H groups in total. The largest absolute Gasteiger partial charge is 0.493 e. The molecule has 2 heterocycles. The Kier molecular flexibility index (Phi) is 9.15. The molecule has 0 fully saturated rings. The highest BCUT2D eigenvalue weighted by Crippen LogP contribution is 2.39. The van der Waals surface area contributed by atoms with Crippen molar-refractivity contribution in [3.8, 4) is 5.75 Å². The smallest absolute Gasteiger partial charge is 0.251 e. The van der Waals surface area contributed by atoms with Crippen LogP contribution in [-0.2, 0) is 30.6 Å². The molecule has 2 aromatic heterocycles. The number of rotatable bonds is 11. The molecule has 2 amide bonds. The van der Waals surface area contributed by atoms with Crippen LogP contribution >= 0.6 is 34.7 Å². The summed E-state index contributed by atoms with van der Waals surface area (Å²) in [6.45, 7) is 7.45. The SMILES string of the molecule is CCn1c(CCCOc2ccc(Cl)cc2C)nnc1SCC(=O)Nc1sc2c(c1C(N)=O)CCC(C)C2. The number of nitrogens with zero attached hydrogens (tertiary/aromatic N) is 3. The summed E-state index contributed by atoms with van der Waals surface area (Å²) in [6.07, 6.45) is 4.25. The molecule has 0 spiro atoms. The first-order chi connectivity index (χ1) is 17.8. The summed E-state index contributed by atoms with van der Waals surface area (Å²) in [5.41, 5.74) is 8.15. The third-order valence-corrected chi connectivity index (χ3v) is 8.76. The molecule has 0 radical (unpaired) electrons. The van der Waals surface area contributed by atoms with Crippen molar-refractivity contribution >= 4 is 51.5 Å². The maximum Gasteiger partial charge on any atom is 0.251 e. The molecule has 0 aliphatic heterocycles. The van der Waals surface area contributed by atoms with Crippen LogP contribution in [0, 0.1) is 12.8 Å². The summed E-state index contributed by atoms with van der Waals surface area (Å²) in [5.74, 6) is 1.73. The molecule has 0 saturated carbocycles. The number of anilines is 1. The molecule has 0 saturated heterocycles. The number of halogens is 1. The number of hydrogen-bond donors (Lipinski definition) is 2. The minimum atomic E-state index is -0.486. The summed E-state index contributed by atoms with van der Waals surface area (Å²) in [7, 11) is 0. The number of benzene rings is 1. The predicted molar refractivity (Wildman–Crippen MR) is 149 cm³/mol. The molecule has 1 unspecified atom stereocenters. The van der Waals surface area contributed by atoms with E-state index in [2.05, 4.69) is 22.4 Å². The molecular weight excluding hydrogens is 530 g/mol. The second-order valence-corrected chi connectivity index (χ2v) is 11.7.